The molecule has 0 aliphatic carbocycles. The molecule has 0 bridgehead atoms. The predicted octanol–water partition coefficient (Wildman–Crippen LogP) is 2.97. The predicted molar refractivity (Wildman–Crippen MR) is 106 cm³/mol. The number of carbonyl (C=O) groups excluding carboxylic acids is 2. The summed E-state index contributed by atoms with van der Waals surface area (Å²) in [6.07, 6.45) is 3.67. The molecule has 3 N–H and O–H groups in total. The lowest BCUT2D eigenvalue weighted by atomic mass is 10.1. The maximum Gasteiger partial charge on any atom is 0.250 e. The van der Waals surface area contributed by atoms with Crippen LogP contribution in [0.2, 0.25) is 0 Å². The first-order valence-corrected chi connectivity index (χ1v) is 9.19. The van der Waals surface area contributed by atoms with Crippen molar-refractivity contribution in [1.82, 2.24) is 0 Å². The van der Waals surface area contributed by atoms with Crippen LogP contribution in [0.15, 0.2) is 42.5 Å². The lowest BCUT2D eigenvalue weighted by Crippen LogP contribution is -2.30. The van der Waals surface area contributed by atoms with Crippen molar-refractivity contribution in [3.05, 3.63) is 53.6 Å². The molecular formula is C21H25N3O3. The summed E-state index contributed by atoms with van der Waals surface area (Å²) >= 11 is 0. The van der Waals surface area contributed by atoms with Crippen LogP contribution in [-0.2, 0) is 11.2 Å². The number of methoxy groups -OCH3 is 1. The normalized spacial score (nSPS) is 13.9. The number of piperidine rings is 1. The van der Waals surface area contributed by atoms with Crippen molar-refractivity contribution in [1.29, 1.82) is 0 Å². The number of carbonyl (C=O) groups is 2. The van der Waals surface area contributed by atoms with Crippen molar-refractivity contribution in [3.8, 4) is 5.75 Å². The van der Waals surface area contributed by atoms with E-state index >= 15 is 0 Å². The van der Waals surface area contributed by atoms with E-state index in [4.69, 9.17) is 10.5 Å². The molecule has 6 nitrogen and oxygen atoms in total. The molecule has 1 heterocycles. The van der Waals surface area contributed by atoms with Gasteiger partial charge >= 0.3 is 0 Å². The Bertz CT molecular complexity index is 829. The fourth-order valence-electron chi connectivity index (χ4n) is 3.41. The number of hydrogen-bond acceptors (Lipinski definition) is 4. The topological polar surface area (TPSA) is 84.7 Å². The van der Waals surface area contributed by atoms with Gasteiger partial charge in [-0.25, -0.2) is 0 Å². The molecule has 142 valence electrons. The maximum atomic E-state index is 12.5. The van der Waals surface area contributed by atoms with Crippen LogP contribution >= 0.6 is 0 Å². The quantitative estimate of drug-likeness (QED) is 0.822. The van der Waals surface area contributed by atoms with Gasteiger partial charge in [0.1, 0.15) is 5.75 Å². The molecule has 1 aliphatic heterocycles. The Labute approximate surface area is 159 Å². The number of hydrogen-bond donors (Lipinski definition) is 2. The second kappa shape index (κ2) is 8.58. The van der Waals surface area contributed by atoms with E-state index in [-0.39, 0.29) is 12.3 Å². The number of nitrogens with two attached hydrogens (primary N) is 1. The van der Waals surface area contributed by atoms with Gasteiger partial charge in [-0.15, -0.1) is 0 Å². The molecule has 3 rings (SSSR count). The standard InChI is InChI=1S/C21H25N3O3/c1-27-19-8-4-3-7-15(19)13-20(25)23-18-10-9-16(14-17(18)21(22)26)24-11-5-2-6-12-24/h3-4,7-10,14H,2,5-6,11-13H2,1H3,(H2,22,26)(H,23,25). The second-order valence-corrected chi connectivity index (χ2v) is 6.68. The van der Waals surface area contributed by atoms with Crippen LogP contribution < -0.4 is 20.7 Å². The van der Waals surface area contributed by atoms with E-state index in [9.17, 15) is 9.59 Å². The van der Waals surface area contributed by atoms with Gasteiger partial charge in [0.2, 0.25) is 5.91 Å². The summed E-state index contributed by atoms with van der Waals surface area (Å²) < 4.78 is 5.28. The van der Waals surface area contributed by atoms with Crippen molar-refractivity contribution < 1.29 is 14.3 Å². The minimum absolute atomic E-state index is 0.149. The number of nitrogens with one attached hydrogen (secondary N) is 1. The number of primary amides is 1. The van der Waals surface area contributed by atoms with Crippen molar-refractivity contribution in [3.63, 3.8) is 0 Å². The Balaban J connectivity index is 1.77. The van der Waals surface area contributed by atoms with E-state index in [1.165, 1.54) is 6.42 Å². The van der Waals surface area contributed by atoms with Gasteiger partial charge in [0.15, 0.2) is 0 Å². The molecule has 1 aliphatic rings. The van der Waals surface area contributed by atoms with Crippen molar-refractivity contribution in [2.75, 3.05) is 30.4 Å². The van der Waals surface area contributed by atoms with E-state index < -0.39 is 5.91 Å². The highest BCUT2D eigenvalue weighted by molar-refractivity contribution is 6.04. The van der Waals surface area contributed by atoms with E-state index in [2.05, 4.69) is 10.2 Å². The van der Waals surface area contributed by atoms with Crippen molar-refractivity contribution in [2.24, 2.45) is 5.73 Å². The molecule has 0 unspecified atom stereocenters. The van der Waals surface area contributed by atoms with Crippen LogP contribution in [0, 0.1) is 0 Å². The molecule has 27 heavy (non-hydrogen) atoms. The van der Waals surface area contributed by atoms with Crippen LogP contribution in [0.4, 0.5) is 11.4 Å². The summed E-state index contributed by atoms with van der Waals surface area (Å²) in [6, 6.07) is 12.8. The SMILES string of the molecule is COc1ccccc1CC(=O)Nc1ccc(N2CCCCC2)cc1C(N)=O. The molecule has 0 aromatic heterocycles. The third-order valence-electron chi connectivity index (χ3n) is 4.81. The smallest absolute Gasteiger partial charge is 0.250 e. The lowest BCUT2D eigenvalue weighted by Gasteiger charge is -2.29. The zero-order chi connectivity index (χ0) is 19.2. The summed E-state index contributed by atoms with van der Waals surface area (Å²) in [5.41, 5.74) is 8.06. The Morgan fingerprint density at radius 1 is 1.11 bits per heavy atom. The zero-order valence-electron chi connectivity index (χ0n) is 15.5. The Morgan fingerprint density at radius 2 is 1.85 bits per heavy atom. The van der Waals surface area contributed by atoms with Gasteiger partial charge in [-0.1, -0.05) is 18.2 Å². The molecule has 0 saturated carbocycles. The van der Waals surface area contributed by atoms with Gasteiger partial charge in [0.05, 0.1) is 24.8 Å². The number of ether oxygens (including phenoxy) is 1. The second-order valence-electron chi connectivity index (χ2n) is 6.68. The van der Waals surface area contributed by atoms with Gasteiger partial charge in [0.25, 0.3) is 5.91 Å². The number of amides is 2. The minimum atomic E-state index is -0.554. The summed E-state index contributed by atoms with van der Waals surface area (Å²) in [6.45, 7) is 1.94. The average Bonchev–Trinajstić information content (AvgIpc) is 2.69. The first-order valence-electron chi connectivity index (χ1n) is 9.19. The molecule has 2 aromatic carbocycles. The average molecular weight is 367 g/mol. The van der Waals surface area contributed by atoms with Crippen molar-refractivity contribution >= 4 is 23.2 Å². The van der Waals surface area contributed by atoms with Crippen LogP contribution in [0.3, 0.4) is 0 Å². The number of rotatable bonds is 6. The van der Waals surface area contributed by atoms with Gasteiger partial charge in [-0.2, -0.15) is 0 Å². The lowest BCUT2D eigenvalue weighted by molar-refractivity contribution is -0.115. The van der Waals surface area contributed by atoms with E-state index in [0.29, 0.717) is 17.0 Å². The molecule has 0 atom stereocenters. The molecule has 1 saturated heterocycles. The number of benzene rings is 2. The van der Waals surface area contributed by atoms with Crippen LogP contribution in [0.25, 0.3) is 0 Å². The first kappa shape index (κ1) is 18.8. The molecule has 0 spiro atoms. The summed E-state index contributed by atoms with van der Waals surface area (Å²) in [7, 11) is 1.57. The Kier molecular flexibility index (Phi) is 5.96. The fourth-order valence-corrected chi connectivity index (χ4v) is 3.41. The number of anilines is 2. The van der Waals surface area contributed by atoms with Gasteiger partial charge < -0.3 is 20.7 Å². The molecule has 1 fully saturated rings. The van der Waals surface area contributed by atoms with Crippen LogP contribution in [0.5, 0.6) is 5.75 Å². The highest BCUT2D eigenvalue weighted by Crippen LogP contribution is 2.26. The van der Waals surface area contributed by atoms with Gasteiger partial charge in [0, 0.05) is 24.3 Å². The zero-order valence-corrected chi connectivity index (χ0v) is 15.5. The van der Waals surface area contributed by atoms with Gasteiger partial charge in [-0.05, 0) is 43.5 Å². The van der Waals surface area contributed by atoms with E-state index in [1.54, 1.807) is 19.2 Å². The summed E-state index contributed by atoms with van der Waals surface area (Å²) in [4.78, 5) is 26.7. The van der Waals surface area contributed by atoms with Crippen molar-refractivity contribution in [2.45, 2.75) is 25.7 Å². The first-order chi connectivity index (χ1) is 13.1. The summed E-state index contributed by atoms with van der Waals surface area (Å²) in [5.74, 6) is -0.127. The number of nitrogens with zero attached hydrogens (tertiary/aromatic N) is 1. The monoisotopic (exact) mass is 367 g/mol. The van der Waals surface area contributed by atoms with Crippen LogP contribution in [-0.4, -0.2) is 32.0 Å². The van der Waals surface area contributed by atoms with Gasteiger partial charge in [-0.3, -0.25) is 9.59 Å². The molecule has 2 amide bonds. The fraction of sp³-hybridized carbons (Fsp3) is 0.333. The van der Waals surface area contributed by atoms with Crippen LogP contribution in [0.1, 0.15) is 35.2 Å². The molecule has 0 radical (unpaired) electrons. The third-order valence-corrected chi connectivity index (χ3v) is 4.81. The third kappa shape index (κ3) is 4.58. The summed E-state index contributed by atoms with van der Waals surface area (Å²) in [5, 5.41) is 2.81. The van der Waals surface area contributed by atoms with E-state index in [0.717, 1.165) is 37.2 Å². The van der Waals surface area contributed by atoms with E-state index in [1.807, 2.05) is 30.3 Å². The molecule has 6 heteroatoms. The number of para-hydroxylation sites is 1. The highest BCUT2D eigenvalue weighted by Gasteiger charge is 2.17. The highest BCUT2D eigenvalue weighted by atomic mass is 16.5. The maximum absolute atomic E-state index is 12.5. The Morgan fingerprint density at radius 3 is 2.56 bits per heavy atom. The Hall–Kier alpha value is -3.02. The largest absolute Gasteiger partial charge is 0.496 e. The molecule has 2 aromatic rings. The minimum Gasteiger partial charge on any atom is -0.496 e. The molecular weight excluding hydrogens is 342 g/mol.